The normalized spacial score (nSPS) is 12.8. The van der Waals surface area contributed by atoms with Gasteiger partial charge in [0.05, 0.1) is 0 Å². The van der Waals surface area contributed by atoms with Gasteiger partial charge in [0.25, 0.3) is 0 Å². The molecule has 0 spiro atoms. The van der Waals surface area contributed by atoms with E-state index in [-0.39, 0.29) is 0 Å². The lowest BCUT2D eigenvalue weighted by atomic mass is 10.2. The van der Waals surface area contributed by atoms with E-state index in [2.05, 4.69) is 0 Å². The van der Waals surface area contributed by atoms with Crippen molar-refractivity contribution in [3.05, 3.63) is 11.3 Å². The first-order chi connectivity index (χ1) is 3.72. The Bertz CT molecular complexity index is 114. The zero-order chi connectivity index (χ0) is 6.57. The van der Waals surface area contributed by atoms with E-state index in [1.807, 2.05) is 13.8 Å². The van der Waals surface area contributed by atoms with E-state index in [0.717, 1.165) is 12.0 Å². The van der Waals surface area contributed by atoms with E-state index in [4.69, 9.17) is 11.1 Å². The van der Waals surface area contributed by atoms with Gasteiger partial charge in [-0.2, -0.15) is 0 Å². The minimum atomic E-state index is 0.590. The summed E-state index contributed by atoms with van der Waals surface area (Å²) in [5, 5.41) is 6.73. The Morgan fingerprint density at radius 3 is 2.38 bits per heavy atom. The molecule has 3 N–H and O–H groups in total. The van der Waals surface area contributed by atoms with Gasteiger partial charge in [0.1, 0.15) is 0 Å². The first-order valence-electron chi connectivity index (χ1n) is 2.68. The third kappa shape index (κ3) is 1.78. The van der Waals surface area contributed by atoms with Crippen LogP contribution in [0.25, 0.3) is 0 Å². The van der Waals surface area contributed by atoms with Crippen LogP contribution >= 0.6 is 0 Å². The summed E-state index contributed by atoms with van der Waals surface area (Å²) in [5.74, 6) is 0. The lowest BCUT2D eigenvalue weighted by molar-refractivity contribution is 1.07. The molecule has 0 atom stereocenters. The van der Waals surface area contributed by atoms with Gasteiger partial charge in [0.15, 0.2) is 0 Å². The van der Waals surface area contributed by atoms with Crippen molar-refractivity contribution in [2.45, 2.75) is 20.3 Å². The summed E-state index contributed by atoms with van der Waals surface area (Å²) >= 11 is 0. The van der Waals surface area contributed by atoms with E-state index in [1.54, 1.807) is 0 Å². The van der Waals surface area contributed by atoms with E-state index in [1.165, 1.54) is 6.21 Å². The van der Waals surface area contributed by atoms with Crippen molar-refractivity contribution >= 4 is 6.21 Å². The number of nitrogens with two attached hydrogens (primary N) is 1. The summed E-state index contributed by atoms with van der Waals surface area (Å²) in [6, 6.07) is 0. The highest BCUT2D eigenvalue weighted by atomic mass is 14.6. The molecule has 0 aromatic rings. The Kier molecular flexibility index (Phi) is 2.92. The fourth-order valence-corrected chi connectivity index (χ4v) is 0.327. The first-order valence-corrected chi connectivity index (χ1v) is 2.68. The van der Waals surface area contributed by atoms with Crippen molar-refractivity contribution in [1.29, 1.82) is 5.41 Å². The molecule has 0 aliphatic carbocycles. The molecule has 2 nitrogen and oxygen atoms in total. The van der Waals surface area contributed by atoms with Crippen molar-refractivity contribution in [3.8, 4) is 0 Å². The van der Waals surface area contributed by atoms with Gasteiger partial charge in [-0.05, 0) is 18.9 Å². The van der Waals surface area contributed by atoms with Crippen LogP contribution in [0.3, 0.4) is 0 Å². The maximum absolute atomic E-state index is 6.73. The van der Waals surface area contributed by atoms with Crippen LogP contribution in [0.4, 0.5) is 0 Å². The lowest BCUT2D eigenvalue weighted by Gasteiger charge is -1.95. The molecule has 0 saturated carbocycles. The molecule has 0 aromatic heterocycles. The molecule has 0 radical (unpaired) electrons. The molecule has 46 valence electrons. The third-order valence-corrected chi connectivity index (χ3v) is 1.18. The van der Waals surface area contributed by atoms with Gasteiger partial charge < -0.3 is 11.1 Å². The Labute approximate surface area is 49.9 Å². The van der Waals surface area contributed by atoms with E-state index >= 15 is 0 Å². The number of allylic oxidation sites excluding steroid dienone is 2. The molecule has 0 unspecified atom stereocenters. The van der Waals surface area contributed by atoms with Crippen molar-refractivity contribution in [3.63, 3.8) is 0 Å². The molecule has 0 saturated heterocycles. The lowest BCUT2D eigenvalue weighted by Crippen LogP contribution is -2.00. The number of rotatable bonds is 2. The number of hydrogen-bond acceptors (Lipinski definition) is 2. The standard InChI is InChI=1S/C6H12N2/c1-3-5(2)6(8)4-7/h4,7H,3,8H2,1-2H3/b6-5+,7-4?. The monoisotopic (exact) mass is 112 g/mol. The van der Waals surface area contributed by atoms with E-state index in [0.29, 0.717) is 5.70 Å². The van der Waals surface area contributed by atoms with Gasteiger partial charge in [-0.3, -0.25) is 0 Å². The van der Waals surface area contributed by atoms with Gasteiger partial charge in [0.2, 0.25) is 0 Å². The van der Waals surface area contributed by atoms with Crippen LogP contribution in [0.1, 0.15) is 20.3 Å². The average molecular weight is 112 g/mol. The predicted octanol–water partition coefficient (Wildman–Crippen LogP) is 1.28. The molecule has 2 heteroatoms. The fourth-order valence-electron chi connectivity index (χ4n) is 0.327. The Hall–Kier alpha value is -0.790. The fraction of sp³-hybridized carbons (Fsp3) is 0.500. The topological polar surface area (TPSA) is 49.9 Å². The Morgan fingerprint density at radius 2 is 2.25 bits per heavy atom. The molecule has 0 amide bonds. The van der Waals surface area contributed by atoms with Gasteiger partial charge >= 0.3 is 0 Å². The highest BCUT2D eigenvalue weighted by Crippen LogP contribution is 1.98. The zero-order valence-corrected chi connectivity index (χ0v) is 5.36. The van der Waals surface area contributed by atoms with Crippen LogP contribution in [0.2, 0.25) is 0 Å². The smallest absolute Gasteiger partial charge is 0.0481 e. The molecule has 0 bridgehead atoms. The molecular weight excluding hydrogens is 100 g/mol. The van der Waals surface area contributed by atoms with E-state index < -0.39 is 0 Å². The largest absolute Gasteiger partial charge is 0.398 e. The maximum atomic E-state index is 6.73. The number of nitrogens with one attached hydrogen (secondary N) is 1. The molecule has 0 heterocycles. The van der Waals surface area contributed by atoms with Crippen molar-refractivity contribution < 1.29 is 0 Å². The summed E-state index contributed by atoms with van der Waals surface area (Å²) in [5.41, 5.74) is 7.04. The zero-order valence-electron chi connectivity index (χ0n) is 5.36. The second kappa shape index (κ2) is 3.24. The average Bonchev–Trinajstić information content (AvgIpc) is 1.84. The van der Waals surface area contributed by atoms with Crippen LogP contribution in [-0.2, 0) is 0 Å². The summed E-state index contributed by atoms with van der Waals surface area (Å²) in [7, 11) is 0. The van der Waals surface area contributed by atoms with Gasteiger partial charge in [-0.1, -0.05) is 6.92 Å². The second-order valence-electron chi connectivity index (χ2n) is 1.73. The molecule has 0 aliphatic heterocycles. The summed E-state index contributed by atoms with van der Waals surface area (Å²) in [6.07, 6.45) is 2.11. The predicted molar refractivity (Wildman–Crippen MR) is 36.0 cm³/mol. The summed E-state index contributed by atoms with van der Waals surface area (Å²) in [4.78, 5) is 0. The minimum absolute atomic E-state index is 0.590. The summed E-state index contributed by atoms with van der Waals surface area (Å²) in [6.45, 7) is 3.95. The van der Waals surface area contributed by atoms with Gasteiger partial charge in [-0.15, -0.1) is 0 Å². The quantitative estimate of drug-likeness (QED) is 0.519. The van der Waals surface area contributed by atoms with Crippen LogP contribution in [-0.4, -0.2) is 6.21 Å². The van der Waals surface area contributed by atoms with E-state index in [9.17, 15) is 0 Å². The first kappa shape index (κ1) is 7.21. The Balaban J connectivity index is 4.03. The molecule has 0 fully saturated rings. The highest BCUT2D eigenvalue weighted by Gasteiger charge is 1.87. The van der Waals surface area contributed by atoms with Gasteiger partial charge in [0, 0.05) is 11.9 Å². The van der Waals surface area contributed by atoms with Crippen LogP contribution in [0.15, 0.2) is 11.3 Å². The maximum Gasteiger partial charge on any atom is 0.0481 e. The minimum Gasteiger partial charge on any atom is -0.398 e. The van der Waals surface area contributed by atoms with Crippen LogP contribution in [0.5, 0.6) is 0 Å². The van der Waals surface area contributed by atoms with Crippen molar-refractivity contribution in [2.24, 2.45) is 5.73 Å². The Morgan fingerprint density at radius 1 is 1.75 bits per heavy atom. The molecule has 0 rings (SSSR count). The van der Waals surface area contributed by atoms with Gasteiger partial charge in [-0.25, -0.2) is 0 Å². The molecule has 0 aliphatic rings. The number of hydrogen-bond donors (Lipinski definition) is 2. The molecule has 0 aromatic carbocycles. The van der Waals surface area contributed by atoms with Crippen LogP contribution in [0, 0.1) is 5.41 Å². The highest BCUT2D eigenvalue weighted by molar-refractivity contribution is 5.75. The molecular formula is C6H12N2. The SMILES string of the molecule is CC/C(C)=C(/N)C=N. The summed E-state index contributed by atoms with van der Waals surface area (Å²) < 4.78 is 0. The molecule has 8 heavy (non-hydrogen) atoms. The van der Waals surface area contributed by atoms with Crippen LogP contribution < -0.4 is 5.73 Å². The third-order valence-electron chi connectivity index (χ3n) is 1.18. The second-order valence-corrected chi connectivity index (χ2v) is 1.73. The van der Waals surface area contributed by atoms with Crippen molar-refractivity contribution in [2.75, 3.05) is 0 Å². The van der Waals surface area contributed by atoms with Crippen molar-refractivity contribution in [1.82, 2.24) is 0 Å².